The highest BCUT2D eigenvalue weighted by molar-refractivity contribution is 4.96. The number of nitriles is 1. The highest BCUT2D eigenvalue weighted by Gasteiger charge is 2.23. The van der Waals surface area contributed by atoms with Gasteiger partial charge in [0, 0.05) is 26.2 Å². The SMILES string of the molecule is CC(C)(O)CCN1CCNCC1C#N. The maximum atomic E-state index is 9.58. The lowest BCUT2D eigenvalue weighted by Gasteiger charge is -2.33. The van der Waals surface area contributed by atoms with Crippen molar-refractivity contribution in [3.63, 3.8) is 0 Å². The van der Waals surface area contributed by atoms with Gasteiger partial charge in [-0.15, -0.1) is 0 Å². The first-order chi connectivity index (χ1) is 6.53. The van der Waals surface area contributed by atoms with Crippen LogP contribution in [0, 0.1) is 11.3 Å². The predicted octanol–water partition coefficient (Wildman–Crippen LogP) is -0.0552. The molecule has 1 fully saturated rings. The summed E-state index contributed by atoms with van der Waals surface area (Å²) >= 11 is 0. The minimum absolute atomic E-state index is 0.0360. The molecule has 4 heteroatoms. The van der Waals surface area contributed by atoms with Gasteiger partial charge in [0.2, 0.25) is 0 Å². The fourth-order valence-electron chi connectivity index (χ4n) is 1.56. The second-order valence-electron chi connectivity index (χ2n) is 4.45. The first-order valence-electron chi connectivity index (χ1n) is 5.10. The molecule has 0 aliphatic carbocycles. The average molecular weight is 197 g/mol. The molecule has 4 nitrogen and oxygen atoms in total. The first-order valence-corrected chi connectivity index (χ1v) is 5.10. The van der Waals surface area contributed by atoms with Gasteiger partial charge in [0.15, 0.2) is 0 Å². The largest absolute Gasteiger partial charge is 0.390 e. The summed E-state index contributed by atoms with van der Waals surface area (Å²) < 4.78 is 0. The Bertz CT molecular complexity index is 216. The molecule has 1 unspecified atom stereocenters. The van der Waals surface area contributed by atoms with Crippen LogP contribution in [0.3, 0.4) is 0 Å². The lowest BCUT2D eigenvalue weighted by molar-refractivity contribution is 0.0516. The van der Waals surface area contributed by atoms with Crippen molar-refractivity contribution in [1.82, 2.24) is 10.2 Å². The van der Waals surface area contributed by atoms with Crippen LogP contribution in [0.15, 0.2) is 0 Å². The maximum Gasteiger partial charge on any atom is 0.110 e. The third-order valence-corrected chi connectivity index (χ3v) is 2.51. The van der Waals surface area contributed by atoms with Crippen molar-refractivity contribution >= 4 is 0 Å². The number of hydrogen-bond acceptors (Lipinski definition) is 4. The Labute approximate surface area is 85.5 Å². The summed E-state index contributed by atoms with van der Waals surface area (Å²) in [5.74, 6) is 0. The molecule has 2 N–H and O–H groups in total. The van der Waals surface area contributed by atoms with Crippen LogP contribution in [0.25, 0.3) is 0 Å². The van der Waals surface area contributed by atoms with E-state index in [-0.39, 0.29) is 6.04 Å². The molecule has 1 saturated heterocycles. The summed E-state index contributed by atoms with van der Waals surface area (Å²) in [6, 6.07) is 2.24. The van der Waals surface area contributed by atoms with E-state index >= 15 is 0 Å². The average Bonchev–Trinajstić information content (AvgIpc) is 2.14. The molecule has 0 aromatic rings. The maximum absolute atomic E-state index is 9.58. The topological polar surface area (TPSA) is 59.3 Å². The molecule has 0 aromatic heterocycles. The Morgan fingerprint density at radius 2 is 2.36 bits per heavy atom. The summed E-state index contributed by atoms with van der Waals surface area (Å²) in [7, 11) is 0. The van der Waals surface area contributed by atoms with E-state index in [0.29, 0.717) is 6.42 Å². The van der Waals surface area contributed by atoms with E-state index in [1.165, 1.54) is 0 Å². The Morgan fingerprint density at radius 3 is 2.93 bits per heavy atom. The molecule has 1 rings (SSSR count). The van der Waals surface area contributed by atoms with Gasteiger partial charge in [-0.2, -0.15) is 5.26 Å². The molecule has 1 aliphatic rings. The summed E-state index contributed by atoms with van der Waals surface area (Å²) in [5, 5.41) is 21.7. The molecule has 0 amide bonds. The van der Waals surface area contributed by atoms with E-state index in [2.05, 4.69) is 16.3 Å². The quantitative estimate of drug-likeness (QED) is 0.665. The number of nitrogens with zero attached hydrogens (tertiary/aromatic N) is 2. The van der Waals surface area contributed by atoms with Gasteiger partial charge in [-0.25, -0.2) is 0 Å². The van der Waals surface area contributed by atoms with Gasteiger partial charge >= 0.3 is 0 Å². The Morgan fingerprint density at radius 1 is 1.64 bits per heavy atom. The Balaban J connectivity index is 2.38. The molecule has 0 radical (unpaired) electrons. The fraction of sp³-hybridized carbons (Fsp3) is 0.900. The van der Waals surface area contributed by atoms with E-state index in [0.717, 1.165) is 26.2 Å². The van der Waals surface area contributed by atoms with Gasteiger partial charge in [0.1, 0.15) is 6.04 Å². The molecule has 80 valence electrons. The first kappa shape index (κ1) is 11.4. The number of aliphatic hydroxyl groups is 1. The number of piperazine rings is 1. The smallest absolute Gasteiger partial charge is 0.110 e. The molecule has 0 aromatic carbocycles. The highest BCUT2D eigenvalue weighted by Crippen LogP contribution is 2.11. The normalized spacial score (nSPS) is 24.6. The summed E-state index contributed by atoms with van der Waals surface area (Å²) in [4.78, 5) is 2.13. The van der Waals surface area contributed by atoms with Crippen molar-refractivity contribution in [3.05, 3.63) is 0 Å². The molecular formula is C10H19N3O. The van der Waals surface area contributed by atoms with E-state index in [1.807, 2.05) is 0 Å². The van der Waals surface area contributed by atoms with E-state index < -0.39 is 5.60 Å². The van der Waals surface area contributed by atoms with Crippen molar-refractivity contribution in [2.24, 2.45) is 0 Å². The fourth-order valence-corrected chi connectivity index (χ4v) is 1.56. The van der Waals surface area contributed by atoms with Gasteiger partial charge in [-0.05, 0) is 20.3 Å². The second-order valence-corrected chi connectivity index (χ2v) is 4.45. The summed E-state index contributed by atoms with van der Waals surface area (Å²) in [6.07, 6.45) is 0.713. The second kappa shape index (κ2) is 4.74. The van der Waals surface area contributed by atoms with E-state index in [9.17, 15) is 5.11 Å². The van der Waals surface area contributed by atoms with Crippen LogP contribution in [0.2, 0.25) is 0 Å². The zero-order chi connectivity index (χ0) is 10.6. The van der Waals surface area contributed by atoms with Crippen molar-refractivity contribution in [1.29, 1.82) is 5.26 Å². The zero-order valence-corrected chi connectivity index (χ0v) is 8.95. The van der Waals surface area contributed by atoms with Crippen molar-refractivity contribution in [3.8, 4) is 6.07 Å². The van der Waals surface area contributed by atoms with Crippen LogP contribution < -0.4 is 5.32 Å². The Hall–Kier alpha value is -0.630. The van der Waals surface area contributed by atoms with Crippen LogP contribution >= 0.6 is 0 Å². The molecule has 1 heterocycles. The van der Waals surface area contributed by atoms with Gasteiger partial charge in [0.05, 0.1) is 11.7 Å². The molecule has 1 aliphatic heterocycles. The molecule has 0 bridgehead atoms. The number of rotatable bonds is 3. The molecule has 0 spiro atoms. The molecule has 0 saturated carbocycles. The van der Waals surface area contributed by atoms with Gasteiger partial charge in [-0.1, -0.05) is 0 Å². The third kappa shape index (κ3) is 3.62. The molecular weight excluding hydrogens is 178 g/mol. The van der Waals surface area contributed by atoms with Crippen molar-refractivity contribution in [2.75, 3.05) is 26.2 Å². The van der Waals surface area contributed by atoms with Crippen LogP contribution in [0.1, 0.15) is 20.3 Å². The molecule has 14 heavy (non-hydrogen) atoms. The summed E-state index contributed by atoms with van der Waals surface area (Å²) in [6.45, 7) is 6.97. The summed E-state index contributed by atoms with van der Waals surface area (Å²) in [5.41, 5.74) is -0.634. The lowest BCUT2D eigenvalue weighted by Crippen LogP contribution is -2.51. The highest BCUT2D eigenvalue weighted by atomic mass is 16.3. The zero-order valence-electron chi connectivity index (χ0n) is 8.95. The Kier molecular flexibility index (Phi) is 3.87. The van der Waals surface area contributed by atoms with Gasteiger partial charge in [-0.3, -0.25) is 4.90 Å². The monoisotopic (exact) mass is 197 g/mol. The van der Waals surface area contributed by atoms with Crippen molar-refractivity contribution in [2.45, 2.75) is 31.9 Å². The molecule has 1 atom stereocenters. The minimum atomic E-state index is -0.634. The predicted molar refractivity (Wildman–Crippen MR) is 54.8 cm³/mol. The minimum Gasteiger partial charge on any atom is -0.390 e. The van der Waals surface area contributed by atoms with Crippen LogP contribution in [0.4, 0.5) is 0 Å². The van der Waals surface area contributed by atoms with Gasteiger partial charge in [0.25, 0.3) is 0 Å². The van der Waals surface area contributed by atoms with E-state index in [1.54, 1.807) is 13.8 Å². The van der Waals surface area contributed by atoms with Crippen LogP contribution in [-0.2, 0) is 0 Å². The van der Waals surface area contributed by atoms with Crippen LogP contribution in [0.5, 0.6) is 0 Å². The standard InChI is InChI=1S/C10H19N3O/c1-10(2,14)3-5-13-6-4-12-8-9(13)7-11/h9,12,14H,3-6,8H2,1-2H3. The van der Waals surface area contributed by atoms with Gasteiger partial charge < -0.3 is 10.4 Å². The van der Waals surface area contributed by atoms with E-state index in [4.69, 9.17) is 5.26 Å². The van der Waals surface area contributed by atoms with Crippen molar-refractivity contribution < 1.29 is 5.11 Å². The van der Waals surface area contributed by atoms with Crippen LogP contribution in [-0.4, -0.2) is 47.8 Å². The lowest BCUT2D eigenvalue weighted by atomic mass is 10.0. The number of nitrogens with one attached hydrogen (secondary N) is 1. The third-order valence-electron chi connectivity index (χ3n) is 2.51. The number of hydrogen-bond donors (Lipinski definition) is 2.